The molecule has 1 fully saturated rings. The SMILES string of the molecule is CC1(C)NC(=O)N(CCCC(=O)Nc2ccc(N)nc2)C1=O. The Labute approximate surface area is 128 Å². The number of urea groups is 1. The number of nitrogens with one attached hydrogen (secondary N) is 2. The molecular formula is C14H19N5O3. The molecule has 22 heavy (non-hydrogen) atoms. The average Bonchev–Trinajstić information content (AvgIpc) is 2.63. The third-order valence-corrected chi connectivity index (χ3v) is 3.30. The van der Waals surface area contributed by atoms with Gasteiger partial charge in [0.05, 0.1) is 11.9 Å². The minimum Gasteiger partial charge on any atom is -0.384 e. The normalized spacial score (nSPS) is 16.5. The van der Waals surface area contributed by atoms with Crippen molar-refractivity contribution in [3.05, 3.63) is 18.3 Å². The van der Waals surface area contributed by atoms with Crippen molar-refractivity contribution >= 4 is 29.4 Å². The average molecular weight is 305 g/mol. The van der Waals surface area contributed by atoms with Crippen molar-refractivity contribution in [2.24, 2.45) is 0 Å². The molecule has 8 nitrogen and oxygen atoms in total. The predicted octanol–water partition coefficient (Wildman–Crippen LogP) is 0.713. The molecule has 2 heterocycles. The molecule has 0 bridgehead atoms. The molecule has 0 unspecified atom stereocenters. The third kappa shape index (κ3) is 3.51. The Balaban J connectivity index is 1.79. The molecule has 4 N–H and O–H groups in total. The maximum Gasteiger partial charge on any atom is 0.325 e. The lowest BCUT2D eigenvalue weighted by molar-refractivity contribution is -0.130. The first-order valence-electron chi connectivity index (χ1n) is 6.95. The van der Waals surface area contributed by atoms with Crippen molar-refractivity contribution in [3.8, 4) is 0 Å². The highest BCUT2D eigenvalue weighted by molar-refractivity contribution is 6.06. The molecule has 1 aromatic heterocycles. The van der Waals surface area contributed by atoms with Crippen LogP contribution in [0.1, 0.15) is 26.7 Å². The van der Waals surface area contributed by atoms with Gasteiger partial charge < -0.3 is 16.4 Å². The number of imide groups is 1. The molecule has 2 rings (SSSR count). The van der Waals surface area contributed by atoms with E-state index in [1.54, 1.807) is 26.0 Å². The lowest BCUT2D eigenvalue weighted by Gasteiger charge is -2.15. The second-order valence-electron chi connectivity index (χ2n) is 5.64. The van der Waals surface area contributed by atoms with Gasteiger partial charge in [-0.2, -0.15) is 0 Å². The summed E-state index contributed by atoms with van der Waals surface area (Å²) >= 11 is 0. The number of hydrogen-bond acceptors (Lipinski definition) is 5. The van der Waals surface area contributed by atoms with Crippen LogP contribution in [0.25, 0.3) is 0 Å². The topological polar surface area (TPSA) is 117 Å². The highest BCUT2D eigenvalue weighted by Gasteiger charge is 2.43. The van der Waals surface area contributed by atoms with Gasteiger partial charge in [-0.3, -0.25) is 14.5 Å². The number of nitrogens with zero attached hydrogens (tertiary/aromatic N) is 2. The number of carbonyl (C=O) groups is 3. The largest absolute Gasteiger partial charge is 0.384 e. The molecule has 8 heteroatoms. The lowest BCUT2D eigenvalue weighted by Crippen LogP contribution is -2.40. The van der Waals surface area contributed by atoms with Crippen LogP contribution in [0.15, 0.2) is 18.3 Å². The van der Waals surface area contributed by atoms with Crippen molar-refractivity contribution in [1.82, 2.24) is 15.2 Å². The summed E-state index contributed by atoms with van der Waals surface area (Å²) in [6, 6.07) is 2.82. The van der Waals surface area contributed by atoms with Gasteiger partial charge in [-0.05, 0) is 32.4 Å². The maximum atomic E-state index is 12.0. The smallest absolute Gasteiger partial charge is 0.325 e. The van der Waals surface area contributed by atoms with Crippen LogP contribution in [0.4, 0.5) is 16.3 Å². The van der Waals surface area contributed by atoms with Crippen LogP contribution < -0.4 is 16.4 Å². The van der Waals surface area contributed by atoms with Crippen LogP contribution in [0.5, 0.6) is 0 Å². The zero-order valence-corrected chi connectivity index (χ0v) is 12.5. The summed E-state index contributed by atoms with van der Waals surface area (Å²) in [6.45, 7) is 3.50. The number of amides is 4. The molecule has 1 aliphatic rings. The number of rotatable bonds is 5. The summed E-state index contributed by atoms with van der Waals surface area (Å²) in [5.74, 6) is -0.113. The molecule has 0 saturated carbocycles. The number of nitrogen functional groups attached to an aromatic ring is 1. The van der Waals surface area contributed by atoms with E-state index < -0.39 is 11.6 Å². The summed E-state index contributed by atoms with van der Waals surface area (Å²) in [7, 11) is 0. The number of hydrogen-bond donors (Lipinski definition) is 3. The van der Waals surface area contributed by atoms with E-state index in [2.05, 4.69) is 15.6 Å². The quantitative estimate of drug-likeness (QED) is 0.693. The van der Waals surface area contributed by atoms with Crippen LogP contribution in [0, 0.1) is 0 Å². The highest BCUT2D eigenvalue weighted by Crippen LogP contribution is 2.17. The number of pyridine rings is 1. The van der Waals surface area contributed by atoms with Gasteiger partial charge in [0.1, 0.15) is 11.4 Å². The second kappa shape index (κ2) is 6.00. The Morgan fingerprint density at radius 1 is 1.41 bits per heavy atom. The molecule has 118 valence electrons. The van der Waals surface area contributed by atoms with E-state index in [0.717, 1.165) is 4.90 Å². The summed E-state index contributed by atoms with van der Waals surface area (Å²) < 4.78 is 0. The van der Waals surface area contributed by atoms with Gasteiger partial charge in [0.2, 0.25) is 5.91 Å². The van der Waals surface area contributed by atoms with Crippen molar-refractivity contribution in [3.63, 3.8) is 0 Å². The van der Waals surface area contributed by atoms with E-state index in [1.165, 1.54) is 6.20 Å². The Morgan fingerprint density at radius 2 is 2.14 bits per heavy atom. The first-order valence-corrected chi connectivity index (χ1v) is 6.95. The molecular weight excluding hydrogens is 286 g/mol. The van der Waals surface area contributed by atoms with E-state index in [0.29, 0.717) is 17.9 Å². The Bertz CT molecular complexity index is 597. The van der Waals surface area contributed by atoms with Gasteiger partial charge in [0, 0.05) is 13.0 Å². The van der Waals surface area contributed by atoms with Crippen LogP contribution in [0.2, 0.25) is 0 Å². The summed E-state index contributed by atoms with van der Waals surface area (Å²) in [5, 5.41) is 5.27. The highest BCUT2D eigenvalue weighted by atomic mass is 16.2. The van der Waals surface area contributed by atoms with Crippen molar-refractivity contribution < 1.29 is 14.4 Å². The summed E-state index contributed by atoms with van der Waals surface area (Å²) in [4.78, 5) is 40.4. The van der Waals surface area contributed by atoms with Crippen LogP contribution in [-0.2, 0) is 9.59 Å². The van der Waals surface area contributed by atoms with E-state index in [4.69, 9.17) is 5.73 Å². The Morgan fingerprint density at radius 3 is 2.68 bits per heavy atom. The maximum absolute atomic E-state index is 12.0. The summed E-state index contributed by atoms with van der Waals surface area (Å²) in [6.07, 6.45) is 2.05. The number of aromatic nitrogens is 1. The Kier molecular flexibility index (Phi) is 4.30. The monoisotopic (exact) mass is 305 g/mol. The molecule has 0 aliphatic carbocycles. The third-order valence-electron chi connectivity index (χ3n) is 3.30. The van der Waals surface area contributed by atoms with Crippen LogP contribution >= 0.6 is 0 Å². The molecule has 4 amide bonds. The van der Waals surface area contributed by atoms with Gasteiger partial charge in [-0.15, -0.1) is 0 Å². The summed E-state index contributed by atoms with van der Waals surface area (Å²) in [5.41, 5.74) is 5.13. The van der Waals surface area contributed by atoms with Crippen molar-refractivity contribution in [2.45, 2.75) is 32.2 Å². The van der Waals surface area contributed by atoms with Gasteiger partial charge >= 0.3 is 6.03 Å². The minimum atomic E-state index is -0.880. The van der Waals surface area contributed by atoms with Gasteiger partial charge in [0.15, 0.2) is 0 Å². The first-order chi connectivity index (χ1) is 10.3. The number of anilines is 2. The molecule has 1 aromatic rings. The second-order valence-corrected chi connectivity index (χ2v) is 5.64. The molecule has 0 radical (unpaired) electrons. The van der Waals surface area contributed by atoms with Crippen LogP contribution in [-0.4, -0.2) is 39.8 Å². The van der Waals surface area contributed by atoms with E-state index in [9.17, 15) is 14.4 Å². The fourth-order valence-electron chi connectivity index (χ4n) is 2.12. The molecule has 1 aliphatic heterocycles. The van der Waals surface area contributed by atoms with Crippen molar-refractivity contribution in [2.75, 3.05) is 17.6 Å². The fraction of sp³-hybridized carbons (Fsp3) is 0.429. The molecule has 0 atom stereocenters. The molecule has 0 aromatic carbocycles. The zero-order valence-electron chi connectivity index (χ0n) is 12.5. The van der Waals surface area contributed by atoms with Gasteiger partial charge in [-0.1, -0.05) is 0 Å². The lowest BCUT2D eigenvalue weighted by atomic mass is 10.1. The molecule has 1 saturated heterocycles. The molecule has 0 spiro atoms. The van der Waals surface area contributed by atoms with Crippen molar-refractivity contribution in [1.29, 1.82) is 0 Å². The minimum absolute atomic E-state index is 0.196. The van der Waals surface area contributed by atoms with E-state index >= 15 is 0 Å². The number of nitrogens with two attached hydrogens (primary N) is 1. The Hall–Kier alpha value is -2.64. The van der Waals surface area contributed by atoms with E-state index in [-0.39, 0.29) is 24.8 Å². The number of carbonyl (C=O) groups excluding carboxylic acids is 3. The standard InChI is InChI=1S/C14H19N5O3/c1-14(2)12(21)19(13(22)18-14)7-3-4-11(20)17-9-5-6-10(15)16-8-9/h5-6,8H,3-4,7H2,1-2H3,(H2,15,16)(H,17,20)(H,18,22). The first kappa shape index (κ1) is 15.7. The van der Waals surface area contributed by atoms with Gasteiger partial charge in [0.25, 0.3) is 5.91 Å². The van der Waals surface area contributed by atoms with Crippen LogP contribution in [0.3, 0.4) is 0 Å². The van der Waals surface area contributed by atoms with E-state index in [1.807, 2.05) is 0 Å². The van der Waals surface area contributed by atoms with Gasteiger partial charge in [-0.25, -0.2) is 9.78 Å². The zero-order chi connectivity index (χ0) is 16.3. The fourth-order valence-corrected chi connectivity index (χ4v) is 2.12. The predicted molar refractivity (Wildman–Crippen MR) is 80.8 cm³/mol.